The fourth-order valence-corrected chi connectivity index (χ4v) is 17.0. The van der Waals surface area contributed by atoms with Crippen LogP contribution in [0.25, 0.3) is 0 Å². The van der Waals surface area contributed by atoms with Crippen molar-refractivity contribution in [3.8, 4) is 0 Å². The van der Waals surface area contributed by atoms with E-state index in [-0.39, 0.29) is 30.0 Å². The Morgan fingerprint density at radius 3 is 1.99 bits per heavy atom. The molecule has 0 bridgehead atoms. The van der Waals surface area contributed by atoms with Gasteiger partial charge in [-0.1, -0.05) is 44.9 Å². The molecule has 27 atom stereocenters. The molecule has 0 aromatic rings. The summed E-state index contributed by atoms with van der Waals surface area (Å²) in [7, 11) is -9.27. The van der Waals surface area contributed by atoms with E-state index in [9.17, 15) is 76.4 Å². The van der Waals surface area contributed by atoms with E-state index < -0.39 is 197 Å². The molecule has 480 valence electrons. The van der Waals surface area contributed by atoms with Gasteiger partial charge in [-0.3, -0.25) is 18.7 Å². The quantitative estimate of drug-likeness (QED) is 0.0335. The van der Waals surface area contributed by atoms with Gasteiger partial charge in [-0.2, -0.15) is 16.8 Å². The number of esters is 1. The van der Waals surface area contributed by atoms with Crippen LogP contribution in [0.15, 0.2) is 23.8 Å². The Morgan fingerprint density at radius 2 is 1.36 bits per heavy atom. The third kappa shape index (κ3) is 11.8. The zero-order valence-corrected chi connectivity index (χ0v) is 49.8. The standard InChI is InChI=1S/C54H84O28S2/c1-23(2)11-10-16-53(8)44-27(56)19-52(7)26-12-13-31-50(4,5)32(15-17-51(31,6)25(26)14-18-54(44,52)49(64)81-53)77-48-43(35(59)30(21-72-48)82-84(68,69)70)80-45-37(61)36(60)40(24(3)74-45)78-47-39(63)42(34(58)29(76-47)22-73-83(65,66)67)79-46-38(62)41(71-9)33(57)28(20-55)75-46/h14,24,26,28-48,55,57-63H,1,10-13,15-22H2,2-9H3,(H,65,66,67)(H,68,69,70)/t24?,26?,28?,29?,30-,31?,32?,33-,34-,35?,36?,37?,38?,39?,40-,41?,42?,43?,44-,45+,46+,47+,48+,51-,52?,53?,54-/m1/s1. The minimum absolute atomic E-state index is 0.0507. The van der Waals surface area contributed by atoms with Gasteiger partial charge in [0.05, 0.1) is 43.4 Å². The van der Waals surface area contributed by atoms with E-state index in [4.69, 9.17) is 51.6 Å². The number of rotatable bonds is 19. The highest BCUT2D eigenvalue weighted by Crippen LogP contribution is 2.75. The number of carbonyl (C=O) groups excluding carboxylic acids is 2. The fraction of sp³-hybridized carbons (Fsp3) is 0.889. The lowest BCUT2D eigenvalue weighted by Crippen LogP contribution is -2.67. The second-order valence-corrected chi connectivity index (χ2v) is 28.0. The number of aliphatic hydroxyl groups is 8. The molecule has 3 saturated carbocycles. The number of carbonyl (C=O) groups is 2. The van der Waals surface area contributed by atoms with Gasteiger partial charge in [0, 0.05) is 13.5 Å². The number of allylic oxidation sites excluding steroid dienone is 3. The minimum atomic E-state index is -5.22. The smallest absolute Gasteiger partial charge is 0.397 e. The molecule has 0 aromatic heterocycles. The van der Waals surface area contributed by atoms with Crippen LogP contribution in [-0.2, 0) is 86.1 Å². The molecule has 9 rings (SSSR count). The number of ketones is 1. The van der Waals surface area contributed by atoms with Crippen LogP contribution in [0, 0.1) is 39.4 Å². The topological polar surface area (TPSA) is 415 Å². The van der Waals surface area contributed by atoms with Crippen molar-refractivity contribution in [2.45, 2.75) is 235 Å². The monoisotopic (exact) mass is 1240 g/mol. The minimum Gasteiger partial charge on any atom is -0.458 e. The van der Waals surface area contributed by atoms with Crippen molar-refractivity contribution in [1.29, 1.82) is 0 Å². The van der Waals surface area contributed by atoms with Crippen LogP contribution in [-0.4, -0.2) is 234 Å². The lowest BCUT2D eigenvalue weighted by atomic mass is 9.41. The molecule has 0 radical (unpaired) electrons. The van der Waals surface area contributed by atoms with Gasteiger partial charge < -0.3 is 88.2 Å². The first-order valence-electron chi connectivity index (χ1n) is 28.6. The van der Waals surface area contributed by atoms with Crippen molar-refractivity contribution in [1.82, 2.24) is 0 Å². The summed E-state index contributed by atoms with van der Waals surface area (Å²) in [6.07, 6.45) is -27.9. The molecule has 5 heterocycles. The Labute approximate surface area is 487 Å². The maximum absolute atomic E-state index is 14.4. The third-order valence-electron chi connectivity index (χ3n) is 20.3. The lowest BCUT2D eigenvalue weighted by molar-refractivity contribution is -0.389. The number of cyclic esters (lactones) is 1. The molecule has 1 spiro atoms. The van der Waals surface area contributed by atoms with Crippen molar-refractivity contribution in [2.75, 3.05) is 26.9 Å². The van der Waals surface area contributed by atoms with E-state index in [1.807, 2.05) is 27.7 Å². The molecular weight excluding hydrogens is 1160 g/mol. The second-order valence-electron chi connectivity index (χ2n) is 25.8. The van der Waals surface area contributed by atoms with Crippen molar-refractivity contribution in [2.24, 2.45) is 39.4 Å². The van der Waals surface area contributed by atoms with E-state index >= 15 is 0 Å². The predicted molar refractivity (Wildman–Crippen MR) is 282 cm³/mol. The van der Waals surface area contributed by atoms with Gasteiger partial charge in [0.25, 0.3) is 0 Å². The van der Waals surface area contributed by atoms with Gasteiger partial charge >= 0.3 is 26.8 Å². The van der Waals surface area contributed by atoms with E-state index in [1.54, 1.807) is 0 Å². The summed E-state index contributed by atoms with van der Waals surface area (Å²) < 4.78 is 135. The number of Topliss-reactive ketones (excluding diaryl/α,β-unsaturated/α-hetero) is 1. The Hall–Kier alpha value is -2.32. The molecule has 8 fully saturated rings. The molecule has 10 N–H and O–H groups in total. The molecule has 5 saturated heterocycles. The van der Waals surface area contributed by atoms with Gasteiger partial charge in [0.1, 0.15) is 96.8 Å². The van der Waals surface area contributed by atoms with Crippen LogP contribution in [0.4, 0.5) is 0 Å². The van der Waals surface area contributed by atoms with Crippen LogP contribution in [0.3, 0.4) is 0 Å². The molecule has 0 aromatic carbocycles. The molecule has 0 amide bonds. The second kappa shape index (κ2) is 24.1. The van der Waals surface area contributed by atoms with Crippen LogP contribution < -0.4 is 0 Å². The zero-order chi connectivity index (χ0) is 61.8. The SMILES string of the molecule is C=C(C)CCCC1(C)OC(=O)[C@]23CC=C4C(CCC5C(C)(C)C(O[C@@H]6OC[C@@H](OS(=O)(=O)O)C(O)C6O[C@@H]6OC(C)[C@@H](O[C@@H]7OC(COS(=O)(=O)O)[C@@H](O)C(O[C@@H]8OC(CO)[C@@H](O)C(OC)C8O)C7O)C(O)C6O)CC[C@]45C)C2(C)CC(=O)[C@H]13. The maximum Gasteiger partial charge on any atom is 0.397 e. The van der Waals surface area contributed by atoms with Gasteiger partial charge in [0.2, 0.25) is 0 Å². The molecule has 5 aliphatic heterocycles. The summed E-state index contributed by atoms with van der Waals surface area (Å²) in [4.78, 5) is 28.7. The van der Waals surface area contributed by atoms with Gasteiger partial charge in [-0.25, -0.2) is 8.37 Å². The number of aliphatic hydroxyl groups excluding tert-OH is 8. The van der Waals surface area contributed by atoms with Gasteiger partial charge in [0.15, 0.2) is 25.2 Å². The molecule has 16 unspecified atom stereocenters. The normalized spacial score (nSPS) is 48.5. The van der Waals surface area contributed by atoms with Crippen LogP contribution >= 0.6 is 0 Å². The first kappa shape index (κ1) is 66.1. The van der Waals surface area contributed by atoms with Crippen molar-refractivity contribution >= 4 is 32.6 Å². The highest BCUT2D eigenvalue weighted by atomic mass is 32.3. The molecule has 84 heavy (non-hydrogen) atoms. The van der Waals surface area contributed by atoms with Crippen LogP contribution in [0.1, 0.15) is 106 Å². The Morgan fingerprint density at radius 1 is 0.738 bits per heavy atom. The first-order valence-corrected chi connectivity index (χ1v) is 31.3. The third-order valence-corrected chi connectivity index (χ3v) is 21.2. The lowest BCUT2D eigenvalue weighted by Gasteiger charge is -2.63. The average Bonchev–Trinajstić information content (AvgIpc) is 1.61. The summed E-state index contributed by atoms with van der Waals surface area (Å²) in [6, 6.07) is 0. The fourth-order valence-electron chi connectivity index (χ4n) is 16.2. The van der Waals surface area contributed by atoms with Crippen LogP contribution in [0.2, 0.25) is 0 Å². The van der Waals surface area contributed by atoms with Crippen LogP contribution in [0.5, 0.6) is 0 Å². The Balaban J connectivity index is 0.915. The summed E-state index contributed by atoms with van der Waals surface area (Å²) >= 11 is 0. The summed E-state index contributed by atoms with van der Waals surface area (Å²) in [6.45, 7) is 15.0. The predicted octanol–water partition coefficient (Wildman–Crippen LogP) is -0.555. The van der Waals surface area contributed by atoms with E-state index in [1.165, 1.54) is 12.5 Å². The van der Waals surface area contributed by atoms with Gasteiger partial charge in [-0.15, -0.1) is 6.58 Å². The van der Waals surface area contributed by atoms with Crippen molar-refractivity contribution in [3.05, 3.63) is 23.8 Å². The maximum atomic E-state index is 14.4. The molecule has 9 aliphatic rings. The summed E-state index contributed by atoms with van der Waals surface area (Å²) in [5, 5.41) is 89.5. The Bertz CT molecular complexity index is 2690. The number of fused-ring (bicyclic) bond motifs is 4. The highest BCUT2D eigenvalue weighted by molar-refractivity contribution is 7.81. The summed E-state index contributed by atoms with van der Waals surface area (Å²) in [5.41, 5.74) is -1.53. The molecule has 28 nitrogen and oxygen atoms in total. The van der Waals surface area contributed by atoms with E-state index in [0.29, 0.717) is 38.5 Å². The number of ether oxygens (including phenoxy) is 10. The molecular formula is C54H84O28S2. The number of hydrogen-bond donors (Lipinski definition) is 10. The first-order chi connectivity index (χ1) is 39.1. The summed E-state index contributed by atoms with van der Waals surface area (Å²) in [5.74, 6) is -0.991. The van der Waals surface area contributed by atoms with E-state index in [0.717, 1.165) is 25.5 Å². The number of hydrogen-bond acceptors (Lipinski definition) is 26. The highest BCUT2D eigenvalue weighted by Gasteiger charge is 2.79. The molecule has 30 heteroatoms. The van der Waals surface area contributed by atoms with Crippen molar-refractivity contribution < 1.29 is 132 Å². The molecule has 4 aliphatic carbocycles. The zero-order valence-electron chi connectivity index (χ0n) is 48.2. The largest absolute Gasteiger partial charge is 0.458 e. The van der Waals surface area contributed by atoms with Crippen molar-refractivity contribution in [3.63, 3.8) is 0 Å². The van der Waals surface area contributed by atoms with Gasteiger partial charge in [-0.05, 0) is 100 Å². The van der Waals surface area contributed by atoms with E-state index in [2.05, 4.69) is 30.7 Å². The Kier molecular flexibility index (Phi) is 19.0. The number of methoxy groups -OCH3 is 1. The average molecular weight is 1250 g/mol.